The monoisotopic (exact) mass is 433 g/mol. The number of nitrogens with zero attached hydrogens (tertiary/aromatic N) is 3. The molecule has 0 fully saturated rings. The molecule has 4 rings (SSSR count). The van der Waals surface area contributed by atoms with Crippen LogP contribution in [0.2, 0.25) is 0 Å². The van der Waals surface area contributed by atoms with Crippen molar-refractivity contribution in [2.24, 2.45) is 0 Å². The molecule has 6 nitrogen and oxygen atoms in total. The molecule has 0 unspecified atom stereocenters. The van der Waals surface area contributed by atoms with E-state index in [4.69, 9.17) is 4.42 Å². The third kappa shape index (κ3) is 4.88. The molecule has 0 aliphatic rings. The van der Waals surface area contributed by atoms with Crippen LogP contribution in [0.15, 0.2) is 81.1 Å². The lowest BCUT2D eigenvalue weighted by atomic mass is 10.2. The molecule has 0 saturated carbocycles. The average Bonchev–Trinajstić information content (AvgIpc) is 3.19. The van der Waals surface area contributed by atoms with Gasteiger partial charge in [-0.3, -0.25) is 14.2 Å². The van der Waals surface area contributed by atoms with Gasteiger partial charge in [0.15, 0.2) is 5.16 Å². The van der Waals surface area contributed by atoms with E-state index < -0.39 is 0 Å². The number of thioether (sulfide) groups is 1. The first-order valence-corrected chi connectivity index (χ1v) is 11.0. The Morgan fingerprint density at radius 1 is 1.06 bits per heavy atom. The van der Waals surface area contributed by atoms with Crippen molar-refractivity contribution in [1.29, 1.82) is 0 Å². The van der Waals surface area contributed by atoms with E-state index >= 15 is 0 Å². The number of hydrogen-bond acceptors (Lipinski definition) is 5. The molecule has 0 radical (unpaired) electrons. The number of aryl methyl sites for hydroxylation is 1. The number of para-hydroxylation sites is 1. The van der Waals surface area contributed by atoms with Gasteiger partial charge in [-0.2, -0.15) is 0 Å². The molecular formula is C24H23N3O3S. The standard InChI is InChI=1S/C24H23N3O3S/c1-17-12-13-19(30-17)15-26(2)22(28)16-31-24-25-21-11-7-6-10-20(21)23(29)27(24)14-18-8-4-3-5-9-18/h3-13H,14-16H2,1-2H3. The van der Waals surface area contributed by atoms with Crippen molar-refractivity contribution in [1.82, 2.24) is 14.5 Å². The van der Waals surface area contributed by atoms with Crippen LogP contribution in [-0.2, 0) is 17.9 Å². The number of carbonyl (C=O) groups excluding carboxylic acids is 1. The summed E-state index contributed by atoms with van der Waals surface area (Å²) in [5, 5.41) is 1.10. The normalized spacial score (nSPS) is 11.0. The van der Waals surface area contributed by atoms with E-state index in [1.165, 1.54) is 11.8 Å². The summed E-state index contributed by atoms with van der Waals surface area (Å²) in [7, 11) is 1.74. The minimum absolute atomic E-state index is 0.0623. The zero-order valence-corrected chi connectivity index (χ0v) is 18.3. The number of aromatic nitrogens is 2. The molecule has 2 aromatic carbocycles. The number of furan rings is 1. The van der Waals surface area contributed by atoms with Gasteiger partial charge in [0.05, 0.1) is 29.7 Å². The van der Waals surface area contributed by atoms with Gasteiger partial charge >= 0.3 is 0 Å². The van der Waals surface area contributed by atoms with Crippen LogP contribution < -0.4 is 5.56 Å². The number of carbonyl (C=O) groups is 1. The van der Waals surface area contributed by atoms with Crippen LogP contribution in [0.1, 0.15) is 17.1 Å². The van der Waals surface area contributed by atoms with E-state index in [0.29, 0.717) is 29.1 Å². The van der Waals surface area contributed by atoms with Crippen LogP contribution in [0.5, 0.6) is 0 Å². The minimum atomic E-state index is -0.108. The highest BCUT2D eigenvalue weighted by atomic mass is 32.2. The largest absolute Gasteiger partial charge is 0.464 e. The highest BCUT2D eigenvalue weighted by Crippen LogP contribution is 2.20. The Morgan fingerprint density at radius 3 is 2.55 bits per heavy atom. The van der Waals surface area contributed by atoms with Crippen molar-refractivity contribution >= 4 is 28.6 Å². The molecule has 31 heavy (non-hydrogen) atoms. The molecule has 1 amide bonds. The second-order valence-electron chi connectivity index (χ2n) is 7.34. The topological polar surface area (TPSA) is 68.3 Å². The zero-order chi connectivity index (χ0) is 21.8. The van der Waals surface area contributed by atoms with Crippen molar-refractivity contribution in [3.63, 3.8) is 0 Å². The maximum atomic E-state index is 13.2. The molecule has 2 heterocycles. The van der Waals surface area contributed by atoms with Gasteiger partial charge < -0.3 is 9.32 Å². The van der Waals surface area contributed by atoms with Crippen molar-refractivity contribution in [3.05, 3.63) is 94.2 Å². The van der Waals surface area contributed by atoms with Gasteiger partial charge in [0, 0.05) is 7.05 Å². The minimum Gasteiger partial charge on any atom is -0.464 e. The fourth-order valence-electron chi connectivity index (χ4n) is 3.29. The van der Waals surface area contributed by atoms with Gasteiger partial charge in [-0.25, -0.2) is 4.98 Å². The average molecular weight is 434 g/mol. The predicted molar refractivity (Wildman–Crippen MR) is 122 cm³/mol. The summed E-state index contributed by atoms with van der Waals surface area (Å²) in [6.45, 7) is 2.67. The molecule has 0 aliphatic carbocycles. The fraction of sp³-hybridized carbons (Fsp3) is 0.208. The second-order valence-corrected chi connectivity index (χ2v) is 8.28. The van der Waals surface area contributed by atoms with E-state index in [1.807, 2.05) is 67.6 Å². The number of fused-ring (bicyclic) bond motifs is 1. The third-order valence-corrected chi connectivity index (χ3v) is 5.91. The molecule has 0 atom stereocenters. The summed E-state index contributed by atoms with van der Waals surface area (Å²) in [5.74, 6) is 1.67. The summed E-state index contributed by atoms with van der Waals surface area (Å²) < 4.78 is 7.20. The zero-order valence-electron chi connectivity index (χ0n) is 17.4. The third-order valence-electron chi connectivity index (χ3n) is 4.95. The van der Waals surface area contributed by atoms with Gasteiger partial charge in [-0.15, -0.1) is 0 Å². The van der Waals surface area contributed by atoms with Crippen LogP contribution in [-0.4, -0.2) is 33.2 Å². The van der Waals surface area contributed by atoms with Crippen LogP contribution in [0.3, 0.4) is 0 Å². The molecule has 0 aliphatic heterocycles. The Labute approximate surface area is 184 Å². The maximum absolute atomic E-state index is 13.2. The fourth-order valence-corrected chi connectivity index (χ4v) is 4.23. The molecular weight excluding hydrogens is 410 g/mol. The van der Waals surface area contributed by atoms with Crippen LogP contribution >= 0.6 is 11.8 Å². The lowest BCUT2D eigenvalue weighted by Gasteiger charge is -2.17. The Hall–Kier alpha value is -3.32. The van der Waals surface area contributed by atoms with Gasteiger partial charge in [-0.1, -0.05) is 54.2 Å². The summed E-state index contributed by atoms with van der Waals surface area (Å²) in [6.07, 6.45) is 0. The van der Waals surface area contributed by atoms with Gasteiger partial charge in [0.1, 0.15) is 11.5 Å². The highest BCUT2D eigenvalue weighted by molar-refractivity contribution is 7.99. The van der Waals surface area contributed by atoms with Gasteiger partial charge in [-0.05, 0) is 36.8 Å². The smallest absolute Gasteiger partial charge is 0.262 e. The van der Waals surface area contributed by atoms with Crippen LogP contribution in [0.25, 0.3) is 10.9 Å². The van der Waals surface area contributed by atoms with E-state index in [0.717, 1.165) is 17.1 Å². The van der Waals surface area contributed by atoms with E-state index in [1.54, 1.807) is 22.6 Å². The maximum Gasteiger partial charge on any atom is 0.262 e. The summed E-state index contributed by atoms with van der Waals surface area (Å²) in [6, 6.07) is 20.8. The van der Waals surface area contributed by atoms with Crippen LogP contribution in [0.4, 0.5) is 0 Å². The first-order chi connectivity index (χ1) is 15.0. The summed E-state index contributed by atoms with van der Waals surface area (Å²) in [5.41, 5.74) is 1.52. The molecule has 0 saturated heterocycles. The Kier molecular flexibility index (Phi) is 6.23. The molecule has 0 bridgehead atoms. The van der Waals surface area contributed by atoms with E-state index in [-0.39, 0.29) is 17.2 Å². The number of benzene rings is 2. The lowest BCUT2D eigenvalue weighted by Crippen LogP contribution is -2.29. The molecule has 4 aromatic rings. The lowest BCUT2D eigenvalue weighted by molar-refractivity contribution is -0.127. The van der Waals surface area contributed by atoms with E-state index in [2.05, 4.69) is 4.98 Å². The van der Waals surface area contributed by atoms with Gasteiger partial charge in [0.2, 0.25) is 5.91 Å². The molecule has 158 valence electrons. The van der Waals surface area contributed by atoms with Crippen molar-refractivity contribution in [2.75, 3.05) is 12.8 Å². The van der Waals surface area contributed by atoms with Crippen molar-refractivity contribution in [2.45, 2.75) is 25.2 Å². The first kappa shape index (κ1) is 20.9. The van der Waals surface area contributed by atoms with Crippen molar-refractivity contribution < 1.29 is 9.21 Å². The summed E-state index contributed by atoms with van der Waals surface area (Å²) >= 11 is 1.28. The second kappa shape index (κ2) is 9.22. The Morgan fingerprint density at radius 2 is 1.81 bits per heavy atom. The van der Waals surface area contributed by atoms with Crippen molar-refractivity contribution in [3.8, 4) is 0 Å². The number of hydrogen-bond donors (Lipinski definition) is 0. The van der Waals surface area contributed by atoms with Gasteiger partial charge in [0.25, 0.3) is 5.56 Å². The number of rotatable bonds is 7. The Bertz CT molecular complexity index is 1260. The Balaban J connectivity index is 1.57. The van der Waals surface area contributed by atoms with E-state index in [9.17, 15) is 9.59 Å². The summed E-state index contributed by atoms with van der Waals surface area (Å²) in [4.78, 5) is 32.2. The first-order valence-electron chi connectivity index (χ1n) is 9.97. The molecule has 7 heteroatoms. The number of amides is 1. The molecule has 0 N–H and O–H groups in total. The van der Waals surface area contributed by atoms with Crippen LogP contribution in [0, 0.1) is 6.92 Å². The molecule has 0 spiro atoms. The predicted octanol–water partition coefficient (Wildman–Crippen LogP) is 4.10. The quantitative estimate of drug-likeness (QED) is 0.324. The molecule has 2 aromatic heterocycles. The SMILES string of the molecule is Cc1ccc(CN(C)C(=O)CSc2nc3ccccc3c(=O)n2Cc2ccccc2)o1. The highest BCUT2D eigenvalue weighted by Gasteiger charge is 2.16.